The number of carbonyl (C=O) groups is 1. The maximum atomic E-state index is 12.0. The molecule has 2 N–H and O–H groups in total. The zero-order chi connectivity index (χ0) is 14.5. The van der Waals surface area contributed by atoms with Crippen LogP contribution in [-0.2, 0) is 11.2 Å². The second-order valence-electron chi connectivity index (χ2n) is 4.91. The van der Waals surface area contributed by atoms with Gasteiger partial charge < -0.3 is 10.4 Å². The number of carbonyl (C=O) groups excluding carboxylic acids is 1. The molecule has 0 radical (unpaired) electrons. The molecular weight excluding hydrogens is 294 g/mol. The van der Waals surface area contributed by atoms with Crippen LogP contribution in [0.15, 0.2) is 23.6 Å². The van der Waals surface area contributed by atoms with Crippen molar-refractivity contribution in [1.29, 1.82) is 0 Å². The van der Waals surface area contributed by atoms with E-state index in [1.807, 2.05) is 30.5 Å². The van der Waals surface area contributed by atoms with Crippen molar-refractivity contribution in [2.75, 3.05) is 6.61 Å². The number of hydrogen-bond donors (Lipinski definition) is 2. The van der Waals surface area contributed by atoms with Crippen molar-refractivity contribution in [2.24, 2.45) is 0 Å². The van der Waals surface area contributed by atoms with Crippen LogP contribution in [0.4, 0.5) is 0 Å². The predicted molar refractivity (Wildman–Crippen MR) is 84.5 cm³/mol. The first kappa shape index (κ1) is 15.3. The third-order valence-corrected chi connectivity index (χ3v) is 4.42. The number of nitrogens with one attached hydrogen (secondary N) is 1. The summed E-state index contributed by atoms with van der Waals surface area (Å²) in [6.07, 6.45) is 1.86. The molecular formula is C15H18ClNO2S. The molecule has 3 nitrogen and oxygen atoms in total. The van der Waals surface area contributed by atoms with Crippen molar-refractivity contribution >= 4 is 38.9 Å². The Balaban J connectivity index is 2.01. The van der Waals surface area contributed by atoms with Crippen molar-refractivity contribution in [3.05, 3.63) is 34.2 Å². The number of amides is 1. The van der Waals surface area contributed by atoms with E-state index < -0.39 is 0 Å². The minimum atomic E-state index is 0.00937. The molecule has 1 aromatic carbocycles. The summed E-state index contributed by atoms with van der Waals surface area (Å²) >= 11 is 7.63. The van der Waals surface area contributed by atoms with Crippen LogP contribution in [0, 0.1) is 0 Å². The van der Waals surface area contributed by atoms with Crippen LogP contribution in [0.25, 0.3) is 10.1 Å². The Morgan fingerprint density at radius 2 is 2.30 bits per heavy atom. The lowest BCUT2D eigenvalue weighted by Crippen LogP contribution is -2.33. The van der Waals surface area contributed by atoms with Crippen LogP contribution in [0.5, 0.6) is 0 Å². The third kappa shape index (κ3) is 3.95. The molecule has 0 aliphatic rings. The molecule has 2 rings (SSSR count). The average molecular weight is 312 g/mol. The largest absolute Gasteiger partial charge is 0.396 e. The van der Waals surface area contributed by atoms with E-state index in [4.69, 9.17) is 16.7 Å². The fourth-order valence-corrected chi connectivity index (χ4v) is 3.27. The highest BCUT2D eigenvalue weighted by Gasteiger charge is 2.11. The highest BCUT2D eigenvalue weighted by molar-refractivity contribution is 7.17. The van der Waals surface area contributed by atoms with Crippen LogP contribution in [-0.4, -0.2) is 23.7 Å². The molecule has 0 saturated heterocycles. The van der Waals surface area contributed by atoms with E-state index in [0.29, 0.717) is 17.9 Å². The molecule has 0 bridgehead atoms. The Bertz CT molecular complexity index is 597. The summed E-state index contributed by atoms with van der Waals surface area (Å²) in [7, 11) is 0. The number of thiophene rings is 1. The summed E-state index contributed by atoms with van der Waals surface area (Å²) in [5.41, 5.74) is 1.01. The Hall–Kier alpha value is -1.10. The maximum Gasteiger partial charge on any atom is 0.224 e. The number of fused-ring (bicyclic) bond motifs is 1. The molecule has 1 atom stereocenters. The molecule has 1 unspecified atom stereocenters. The lowest BCUT2D eigenvalue weighted by molar-refractivity contribution is -0.121. The van der Waals surface area contributed by atoms with Crippen LogP contribution < -0.4 is 5.32 Å². The molecule has 0 fully saturated rings. The molecule has 2 aromatic rings. The zero-order valence-corrected chi connectivity index (χ0v) is 12.9. The Morgan fingerprint density at radius 3 is 3.05 bits per heavy atom. The zero-order valence-electron chi connectivity index (χ0n) is 11.4. The monoisotopic (exact) mass is 311 g/mol. The highest BCUT2D eigenvalue weighted by Crippen LogP contribution is 2.28. The first-order valence-corrected chi connectivity index (χ1v) is 7.91. The molecule has 0 aliphatic heterocycles. The number of aliphatic hydroxyl groups excluding tert-OH is 1. The normalized spacial score (nSPS) is 12.6. The Kier molecular flexibility index (Phi) is 5.40. The van der Waals surface area contributed by atoms with Crippen molar-refractivity contribution < 1.29 is 9.90 Å². The first-order chi connectivity index (χ1) is 9.60. The second kappa shape index (κ2) is 7.07. The van der Waals surface area contributed by atoms with Gasteiger partial charge in [-0.3, -0.25) is 4.79 Å². The number of halogens is 1. The lowest BCUT2D eigenvalue weighted by Gasteiger charge is -2.12. The molecule has 0 saturated carbocycles. The predicted octanol–water partition coefficient (Wildman–Crippen LogP) is 3.37. The van der Waals surface area contributed by atoms with E-state index in [2.05, 4.69) is 5.32 Å². The molecule has 108 valence electrons. The van der Waals surface area contributed by atoms with Gasteiger partial charge in [-0.2, -0.15) is 0 Å². The molecule has 0 aliphatic carbocycles. The van der Waals surface area contributed by atoms with Gasteiger partial charge in [0.05, 0.1) is 6.42 Å². The second-order valence-corrected chi connectivity index (χ2v) is 6.26. The highest BCUT2D eigenvalue weighted by atomic mass is 35.5. The number of aliphatic hydroxyl groups is 1. The number of benzene rings is 1. The summed E-state index contributed by atoms with van der Waals surface area (Å²) in [4.78, 5) is 12.0. The van der Waals surface area contributed by atoms with Gasteiger partial charge in [0.1, 0.15) is 0 Å². The quantitative estimate of drug-likeness (QED) is 0.859. The van der Waals surface area contributed by atoms with Crippen molar-refractivity contribution in [2.45, 2.75) is 32.2 Å². The van der Waals surface area contributed by atoms with Crippen molar-refractivity contribution in [3.63, 3.8) is 0 Å². The fraction of sp³-hybridized carbons (Fsp3) is 0.400. The van der Waals surface area contributed by atoms with E-state index in [1.54, 1.807) is 11.3 Å². The van der Waals surface area contributed by atoms with Crippen LogP contribution in [0.3, 0.4) is 0 Å². The smallest absolute Gasteiger partial charge is 0.224 e. The maximum absolute atomic E-state index is 12.0. The summed E-state index contributed by atoms with van der Waals surface area (Å²) in [5.74, 6) is 0.00937. The van der Waals surface area contributed by atoms with Gasteiger partial charge in [0.25, 0.3) is 0 Å². The van der Waals surface area contributed by atoms with Crippen molar-refractivity contribution in [1.82, 2.24) is 5.32 Å². The van der Waals surface area contributed by atoms with Gasteiger partial charge in [-0.1, -0.05) is 11.6 Å². The van der Waals surface area contributed by atoms with Crippen LogP contribution in [0.1, 0.15) is 25.3 Å². The lowest BCUT2D eigenvalue weighted by atomic mass is 10.1. The average Bonchev–Trinajstić information content (AvgIpc) is 2.79. The molecule has 1 heterocycles. The molecule has 5 heteroatoms. The van der Waals surface area contributed by atoms with Gasteiger partial charge in [-0.15, -0.1) is 11.3 Å². The third-order valence-electron chi connectivity index (χ3n) is 3.17. The minimum absolute atomic E-state index is 0.00937. The Morgan fingerprint density at radius 1 is 1.50 bits per heavy atom. The molecule has 20 heavy (non-hydrogen) atoms. The van der Waals surface area contributed by atoms with Gasteiger partial charge in [-0.05, 0) is 54.3 Å². The number of rotatable bonds is 6. The summed E-state index contributed by atoms with van der Waals surface area (Å²) in [5, 5.41) is 15.5. The summed E-state index contributed by atoms with van der Waals surface area (Å²) in [6, 6.07) is 5.84. The fourth-order valence-electron chi connectivity index (χ4n) is 2.16. The van der Waals surface area contributed by atoms with E-state index in [0.717, 1.165) is 22.1 Å². The van der Waals surface area contributed by atoms with E-state index in [9.17, 15) is 4.79 Å². The van der Waals surface area contributed by atoms with E-state index in [-0.39, 0.29) is 18.6 Å². The molecule has 1 amide bonds. The Labute approximate surface area is 127 Å². The molecule has 0 spiro atoms. The minimum Gasteiger partial charge on any atom is -0.396 e. The van der Waals surface area contributed by atoms with Gasteiger partial charge in [0.2, 0.25) is 5.91 Å². The van der Waals surface area contributed by atoms with Gasteiger partial charge in [0, 0.05) is 22.4 Å². The van der Waals surface area contributed by atoms with E-state index in [1.165, 1.54) is 0 Å². The standard InChI is InChI=1S/C15H18ClNO2S/c1-10(3-2-6-18)17-15(19)7-11-9-20-14-5-4-12(16)8-13(11)14/h4-5,8-10,18H,2-3,6-7H2,1H3,(H,17,19). The number of hydrogen-bond acceptors (Lipinski definition) is 3. The molecule has 1 aromatic heterocycles. The van der Waals surface area contributed by atoms with Crippen molar-refractivity contribution in [3.8, 4) is 0 Å². The van der Waals surface area contributed by atoms with Gasteiger partial charge in [0.15, 0.2) is 0 Å². The van der Waals surface area contributed by atoms with Gasteiger partial charge in [-0.25, -0.2) is 0 Å². The first-order valence-electron chi connectivity index (χ1n) is 6.66. The van der Waals surface area contributed by atoms with Crippen LogP contribution in [0.2, 0.25) is 5.02 Å². The SMILES string of the molecule is CC(CCCO)NC(=O)Cc1csc2ccc(Cl)cc12. The summed E-state index contributed by atoms with van der Waals surface area (Å²) in [6.45, 7) is 2.12. The van der Waals surface area contributed by atoms with Gasteiger partial charge >= 0.3 is 0 Å². The van der Waals surface area contributed by atoms with E-state index >= 15 is 0 Å². The van der Waals surface area contributed by atoms with Crippen LogP contribution >= 0.6 is 22.9 Å². The topological polar surface area (TPSA) is 49.3 Å². The summed E-state index contributed by atoms with van der Waals surface area (Å²) < 4.78 is 1.14.